The van der Waals surface area contributed by atoms with Gasteiger partial charge in [0.2, 0.25) is 0 Å². The van der Waals surface area contributed by atoms with Crippen LogP contribution in [0.25, 0.3) is 0 Å². The van der Waals surface area contributed by atoms with Crippen molar-refractivity contribution < 1.29 is 36.2 Å². The number of aliphatic carboxylic acids is 1. The molecular formula is C11H12F6N4O2. The third-order valence-electron chi connectivity index (χ3n) is 2.60. The second-order valence-electron chi connectivity index (χ2n) is 4.42. The Bertz CT molecular complexity index is 511. The van der Waals surface area contributed by atoms with Crippen molar-refractivity contribution in [2.45, 2.75) is 24.8 Å². The first-order valence-electron chi connectivity index (χ1n) is 6.16. The normalized spacial score (nSPS) is 18.1. The van der Waals surface area contributed by atoms with E-state index in [-0.39, 0.29) is 6.04 Å². The minimum atomic E-state index is -5.08. The number of rotatable bonds is 2. The van der Waals surface area contributed by atoms with E-state index in [1.807, 2.05) is 0 Å². The number of carboxylic acid groups (broad SMARTS) is 1. The minimum Gasteiger partial charge on any atom is -0.475 e. The first-order chi connectivity index (χ1) is 10.5. The summed E-state index contributed by atoms with van der Waals surface area (Å²) in [7, 11) is 0. The summed E-state index contributed by atoms with van der Waals surface area (Å²) >= 11 is 0. The molecule has 1 aliphatic heterocycles. The van der Waals surface area contributed by atoms with Crippen LogP contribution in [0, 0.1) is 0 Å². The lowest BCUT2D eigenvalue weighted by molar-refractivity contribution is -0.192. The molecule has 1 fully saturated rings. The summed E-state index contributed by atoms with van der Waals surface area (Å²) < 4.78 is 68.3. The maximum atomic E-state index is 12.2. The topological polar surface area (TPSA) is 87.1 Å². The van der Waals surface area contributed by atoms with Crippen LogP contribution in [0.5, 0.6) is 0 Å². The smallest absolute Gasteiger partial charge is 0.475 e. The number of hydrogen-bond donors (Lipinski definition) is 3. The molecule has 0 aromatic carbocycles. The molecule has 6 nitrogen and oxygen atoms in total. The number of hydrogen-bond acceptors (Lipinski definition) is 5. The lowest BCUT2D eigenvalue weighted by atomic mass is 10.2. The standard InChI is InChI=1S/C9H11F3N4.C2HF3O2/c10-9(11,12)7-4-15-8(5-14-7)16-6-1-2-13-3-6;3-2(4,5)1(6)7/h4-6,13H,1-3H2,(H,15,16);(H,6,7)/t6-;/m1./s1. The summed E-state index contributed by atoms with van der Waals surface area (Å²) in [5.74, 6) is -2.38. The van der Waals surface area contributed by atoms with Crippen LogP contribution in [0.1, 0.15) is 12.1 Å². The number of aromatic nitrogens is 2. The molecule has 3 N–H and O–H groups in total. The molecule has 1 aromatic rings. The molecule has 2 heterocycles. The van der Waals surface area contributed by atoms with Crippen molar-refractivity contribution in [2.75, 3.05) is 18.4 Å². The van der Waals surface area contributed by atoms with E-state index in [4.69, 9.17) is 9.90 Å². The highest BCUT2D eigenvalue weighted by atomic mass is 19.4. The Labute approximate surface area is 125 Å². The van der Waals surface area contributed by atoms with Crippen LogP contribution in [-0.4, -0.2) is 46.4 Å². The average molecular weight is 346 g/mol. The van der Waals surface area contributed by atoms with Gasteiger partial charge in [-0.2, -0.15) is 26.3 Å². The second-order valence-corrected chi connectivity index (χ2v) is 4.42. The third-order valence-corrected chi connectivity index (χ3v) is 2.60. The predicted octanol–water partition coefficient (Wildman–Crippen LogP) is 1.90. The Hall–Kier alpha value is -2.11. The largest absolute Gasteiger partial charge is 0.490 e. The van der Waals surface area contributed by atoms with Gasteiger partial charge in [-0.1, -0.05) is 0 Å². The van der Waals surface area contributed by atoms with Crippen molar-refractivity contribution in [1.82, 2.24) is 15.3 Å². The molecule has 2 rings (SSSR count). The summed E-state index contributed by atoms with van der Waals surface area (Å²) in [5, 5.41) is 13.3. The molecule has 12 heteroatoms. The highest BCUT2D eigenvalue weighted by molar-refractivity contribution is 5.73. The molecule has 1 aliphatic rings. The molecule has 0 bridgehead atoms. The van der Waals surface area contributed by atoms with Crippen LogP contribution in [0.3, 0.4) is 0 Å². The third kappa shape index (κ3) is 6.67. The van der Waals surface area contributed by atoms with E-state index in [9.17, 15) is 26.3 Å². The van der Waals surface area contributed by atoms with E-state index in [0.717, 1.165) is 31.9 Å². The highest BCUT2D eigenvalue weighted by Gasteiger charge is 2.38. The second kappa shape index (κ2) is 7.44. The summed E-state index contributed by atoms with van der Waals surface area (Å²) in [6, 6.07) is 0.214. The van der Waals surface area contributed by atoms with Crippen LogP contribution < -0.4 is 10.6 Å². The van der Waals surface area contributed by atoms with Crippen molar-refractivity contribution in [2.24, 2.45) is 0 Å². The number of halogens is 6. The monoisotopic (exact) mass is 346 g/mol. The Balaban J connectivity index is 0.000000322. The van der Waals surface area contributed by atoms with E-state index < -0.39 is 24.0 Å². The van der Waals surface area contributed by atoms with Gasteiger partial charge in [-0.05, 0) is 13.0 Å². The Morgan fingerprint density at radius 3 is 2.17 bits per heavy atom. The van der Waals surface area contributed by atoms with Gasteiger partial charge in [0.15, 0.2) is 5.69 Å². The maximum Gasteiger partial charge on any atom is 0.490 e. The molecule has 0 aliphatic carbocycles. The summed E-state index contributed by atoms with van der Waals surface area (Å²) in [6.45, 7) is 1.70. The molecule has 0 amide bonds. The van der Waals surface area contributed by atoms with Crippen molar-refractivity contribution in [3.63, 3.8) is 0 Å². The quantitative estimate of drug-likeness (QED) is 0.709. The zero-order valence-electron chi connectivity index (χ0n) is 11.4. The van der Waals surface area contributed by atoms with E-state index in [1.165, 1.54) is 0 Å². The number of nitrogens with zero attached hydrogens (tertiary/aromatic N) is 2. The van der Waals surface area contributed by atoms with Gasteiger partial charge in [-0.3, -0.25) is 0 Å². The minimum absolute atomic E-state index is 0.214. The Morgan fingerprint density at radius 1 is 1.22 bits per heavy atom. The van der Waals surface area contributed by atoms with E-state index >= 15 is 0 Å². The van der Waals surface area contributed by atoms with Gasteiger partial charge in [-0.25, -0.2) is 14.8 Å². The molecule has 1 aromatic heterocycles. The van der Waals surface area contributed by atoms with Gasteiger partial charge in [0.05, 0.1) is 12.4 Å². The lowest BCUT2D eigenvalue weighted by Gasteiger charge is -2.12. The fourth-order valence-electron chi connectivity index (χ4n) is 1.54. The fourth-order valence-corrected chi connectivity index (χ4v) is 1.54. The first kappa shape index (κ1) is 18.9. The van der Waals surface area contributed by atoms with Crippen molar-refractivity contribution in [3.8, 4) is 0 Å². The highest BCUT2D eigenvalue weighted by Crippen LogP contribution is 2.26. The molecule has 1 saturated heterocycles. The number of nitrogens with one attached hydrogen (secondary N) is 2. The summed E-state index contributed by atoms with van der Waals surface area (Å²) in [6.07, 6.45) is -6.73. The van der Waals surface area contributed by atoms with Crippen molar-refractivity contribution in [1.29, 1.82) is 0 Å². The van der Waals surface area contributed by atoms with E-state index in [0.29, 0.717) is 5.82 Å². The molecule has 23 heavy (non-hydrogen) atoms. The molecular weight excluding hydrogens is 334 g/mol. The molecule has 130 valence electrons. The van der Waals surface area contributed by atoms with Gasteiger partial charge >= 0.3 is 18.3 Å². The number of alkyl halides is 6. The number of carbonyl (C=O) groups is 1. The van der Waals surface area contributed by atoms with Crippen molar-refractivity contribution in [3.05, 3.63) is 18.1 Å². The van der Waals surface area contributed by atoms with Crippen LogP contribution in [0.2, 0.25) is 0 Å². The summed E-state index contributed by atoms with van der Waals surface area (Å²) in [5.41, 5.74) is -0.970. The Kier molecular flexibility index (Phi) is 6.12. The molecule has 0 spiro atoms. The van der Waals surface area contributed by atoms with Crippen LogP contribution in [0.15, 0.2) is 12.4 Å². The zero-order chi connectivity index (χ0) is 17.7. The fraction of sp³-hybridized carbons (Fsp3) is 0.545. The molecule has 0 unspecified atom stereocenters. The average Bonchev–Trinajstić information content (AvgIpc) is 2.91. The first-order valence-corrected chi connectivity index (χ1v) is 6.16. The van der Waals surface area contributed by atoms with Gasteiger partial charge in [0.1, 0.15) is 5.82 Å². The van der Waals surface area contributed by atoms with Gasteiger partial charge in [0.25, 0.3) is 0 Å². The number of anilines is 1. The Morgan fingerprint density at radius 2 is 1.83 bits per heavy atom. The lowest BCUT2D eigenvalue weighted by Crippen LogP contribution is -2.23. The molecule has 0 saturated carbocycles. The number of carboxylic acids is 1. The molecule has 0 radical (unpaired) electrons. The maximum absolute atomic E-state index is 12.2. The zero-order valence-corrected chi connectivity index (χ0v) is 11.4. The van der Waals surface area contributed by atoms with Crippen molar-refractivity contribution >= 4 is 11.8 Å². The van der Waals surface area contributed by atoms with Crippen LogP contribution in [0.4, 0.5) is 32.2 Å². The molecule has 1 atom stereocenters. The summed E-state index contributed by atoms with van der Waals surface area (Å²) in [4.78, 5) is 15.9. The van der Waals surface area contributed by atoms with Gasteiger partial charge in [0, 0.05) is 12.6 Å². The van der Waals surface area contributed by atoms with E-state index in [2.05, 4.69) is 20.6 Å². The van der Waals surface area contributed by atoms with Crippen LogP contribution in [-0.2, 0) is 11.0 Å². The van der Waals surface area contributed by atoms with Gasteiger partial charge < -0.3 is 15.7 Å². The van der Waals surface area contributed by atoms with Gasteiger partial charge in [-0.15, -0.1) is 0 Å². The van der Waals surface area contributed by atoms with Crippen LogP contribution >= 0.6 is 0 Å². The SMILES string of the molecule is FC(F)(F)c1cnc(N[C@@H]2CCNC2)cn1.O=C(O)C(F)(F)F. The van der Waals surface area contributed by atoms with E-state index in [1.54, 1.807) is 0 Å². The predicted molar refractivity (Wildman–Crippen MR) is 65.6 cm³/mol.